The monoisotopic (exact) mass is 422 g/mol. The molecule has 0 bridgehead atoms. The van der Waals surface area contributed by atoms with Gasteiger partial charge >= 0.3 is 12.0 Å². The molecule has 1 heterocycles. The van der Waals surface area contributed by atoms with E-state index in [2.05, 4.69) is 17.2 Å². The maximum Gasteiger partial charge on any atom is 0.319 e. The quantitative estimate of drug-likeness (QED) is 0.461. The van der Waals surface area contributed by atoms with E-state index in [0.29, 0.717) is 40.8 Å². The molecular weight excluding hydrogens is 396 g/mol. The van der Waals surface area contributed by atoms with Gasteiger partial charge < -0.3 is 24.8 Å². The van der Waals surface area contributed by atoms with Gasteiger partial charge in [-0.1, -0.05) is 37.3 Å². The molecule has 1 aromatic rings. The van der Waals surface area contributed by atoms with Gasteiger partial charge in [0.2, 0.25) is 0 Å². The highest BCUT2D eigenvalue weighted by molar-refractivity contribution is 6.32. The third-order valence-corrected chi connectivity index (χ3v) is 4.49. The minimum Gasteiger partial charge on any atom is -0.490 e. The van der Waals surface area contributed by atoms with Crippen molar-refractivity contribution >= 4 is 23.6 Å². The third kappa shape index (κ3) is 5.44. The molecule has 2 rings (SSSR count). The van der Waals surface area contributed by atoms with Crippen molar-refractivity contribution < 1.29 is 23.8 Å². The lowest BCUT2D eigenvalue weighted by Crippen LogP contribution is -2.51. The molecule has 1 saturated heterocycles. The van der Waals surface area contributed by atoms with Crippen molar-refractivity contribution in [3.05, 3.63) is 47.1 Å². The van der Waals surface area contributed by atoms with Crippen molar-refractivity contribution in [2.24, 2.45) is 5.92 Å². The Labute approximate surface area is 176 Å². The van der Waals surface area contributed by atoms with E-state index in [9.17, 15) is 9.59 Å². The molecule has 7 nitrogen and oxygen atoms in total. The van der Waals surface area contributed by atoms with Crippen molar-refractivity contribution in [1.29, 1.82) is 0 Å². The van der Waals surface area contributed by atoms with Gasteiger partial charge in [-0.3, -0.25) is 4.79 Å². The molecule has 2 amide bonds. The largest absolute Gasteiger partial charge is 0.490 e. The molecule has 0 radical (unpaired) electrons. The van der Waals surface area contributed by atoms with E-state index < -0.39 is 24.0 Å². The number of hydrogen-bond acceptors (Lipinski definition) is 5. The molecular formula is C21H27ClN2O5. The Morgan fingerprint density at radius 3 is 2.62 bits per heavy atom. The maximum atomic E-state index is 12.7. The minimum atomic E-state index is -0.738. The molecule has 1 aromatic carbocycles. The number of benzene rings is 1. The van der Waals surface area contributed by atoms with Gasteiger partial charge in [0.1, 0.15) is 12.5 Å². The molecule has 2 N–H and O–H groups in total. The van der Waals surface area contributed by atoms with Crippen LogP contribution in [0.15, 0.2) is 36.6 Å². The van der Waals surface area contributed by atoms with Gasteiger partial charge in [-0.15, -0.1) is 0 Å². The average molecular weight is 423 g/mol. The van der Waals surface area contributed by atoms with Crippen LogP contribution in [0.3, 0.4) is 0 Å². The summed E-state index contributed by atoms with van der Waals surface area (Å²) in [5.74, 6) is -0.369. The molecule has 1 aliphatic rings. The lowest BCUT2D eigenvalue weighted by molar-refractivity contribution is -0.147. The number of nitrogens with one attached hydrogen (secondary N) is 2. The molecule has 29 heavy (non-hydrogen) atoms. The van der Waals surface area contributed by atoms with E-state index in [1.807, 2.05) is 13.8 Å². The fourth-order valence-electron chi connectivity index (χ4n) is 3.13. The fourth-order valence-corrected chi connectivity index (χ4v) is 3.40. The normalized spacial score (nSPS) is 19.9. The molecule has 0 aliphatic carbocycles. The summed E-state index contributed by atoms with van der Waals surface area (Å²) in [5, 5.41) is 5.83. The Balaban J connectivity index is 2.54. The Morgan fingerprint density at radius 1 is 1.24 bits per heavy atom. The highest BCUT2D eigenvalue weighted by Gasteiger charge is 2.40. The number of carbonyl (C=O) groups is 2. The summed E-state index contributed by atoms with van der Waals surface area (Å²) in [4.78, 5) is 25.0. The second-order valence-electron chi connectivity index (χ2n) is 6.24. The molecule has 1 fully saturated rings. The Bertz CT molecular complexity index is 794. The van der Waals surface area contributed by atoms with E-state index >= 15 is 0 Å². The molecule has 0 unspecified atom stereocenters. The summed E-state index contributed by atoms with van der Waals surface area (Å²) in [6, 6.07) is 2.30. The number of rotatable bonds is 9. The second-order valence-corrected chi connectivity index (χ2v) is 6.64. The van der Waals surface area contributed by atoms with Gasteiger partial charge in [0.25, 0.3) is 0 Å². The van der Waals surface area contributed by atoms with Gasteiger partial charge in [0.15, 0.2) is 11.5 Å². The van der Waals surface area contributed by atoms with Crippen molar-refractivity contribution in [3.8, 4) is 11.5 Å². The van der Waals surface area contributed by atoms with E-state index in [0.717, 1.165) is 0 Å². The Kier molecular flexibility index (Phi) is 8.39. The van der Waals surface area contributed by atoms with Crippen LogP contribution in [0.5, 0.6) is 11.5 Å². The first-order valence-electron chi connectivity index (χ1n) is 9.60. The highest BCUT2D eigenvalue weighted by Crippen LogP contribution is 2.41. The molecule has 2 atom stereocenters. The van der Waals surface area contributed by atoms with Gasteiger partial charge in [0, 0.05) is 5.70 Å². The lowest BCUT2D eigenvalue weighted by Gasteiger charge is -2.34. The number of urea groups is 1. The first-order valence-corrected chi connectivity index (χ1v) is 9.98. The van der Waals surface area contributed by atoms with E-state index in [4.69, 9.17) is 25.8 Å². The number of ether oxygens (including phenoxy) is 3. The molecule has 0 aromatic heterocycles. The first-order chi connectivity index (χ1) is 14.0. The van der Waals surface area contributed by atoms with Crippen molar-refractivity contribution in [3.63, 3.8) is 0 Å². The smallest absolute Gasteiger partial charge is 0.319 e. The Hall–Kier alpha value is -2.67. The van der Waals surface area contributed by atoms with Crippen molar-refractivity contribution in [2.45, 2.75) is 33.2 Å². The number of hydrogen-bond donors (Lipinski definition) is 2. The van der Waals surface area contributed by atoms with Crippen LogP contribution in [-0.2, 0) is 9.53 Å². The van der Waals surface area contributed by atoms with E-state index in [-0.39, 0.29) is 13.2 Å². The van der Waals surface area contributed by atoms with Gasteiger partial charge in [-0.2, -0.15) is 0 Å². The first kappa shape index (κ1) is 22.6. The zero-order valence-electron chi connectivity index (χ0n) is 16.9. The van der Waals surface area contributed by atoms with Crippen LogP contribution >= 0.6 is 11.6 Å². The van der Waals surface area contributed by atoms with Crippen molar-refractivity contribution in [2.75, 3.05) is 19.8 Å². The number of esters is 1. The van der Waals surface area contributed by atoms with Gasteiger partial charge in [0.05, 0.1) is 24.3 Å². The van der Waals surface area contributed by atoms with Crippen LogP contribution in [0, 0.1) is 5.92 Å². The summed E-state index contributed by atoms with van der Waals surface area (Å²) in [6.45, 7) is 10.0. The topological polar surface area (TPSA) is 85.9 Å². The zero-order chi connectivity index (χ0) is 21.4. The number of allylic oxidation sites excluding steroid dienone is 1. The summed E-state index contributed by atoms with van der Waals surface area (Å²) < 4.78 is 16.6. The molecule has 158 valence electrons. The SMILES string of the molecule is C=CCOc1c(Cl)cc([C@H]2NC(=O)N/C(=C/CC)[C@@H]2C(=O)OCC)cc1OCC. The zero-order valence-corrected chi connectivity index (χ0v) is 17.7. The average Bonchev–Trinajstić information content (AvgIpc) is 2.67. The number of amides is 2. The molecule has 1 aliphatic heterocycles. The summed E-state index contributed by atoms with van der Waals surface area (Å²) in [5.41, 5.74) is 1.11. The van der Waals surface area contributed by atoms with Crippen LogP contribution in [-0.4, -0.2) is 31.8 Å². The van der Waals surface area contributed by atoms with Gasteiger partial charge in [-0.25, -0.2) is 4.79 Å². The standard InChI is InChI=1S/C21H27ClN2O5/c1-5-9-15-17(20(25)28-8-4)18(24-21(26)23-15)13-11-14(22)19(29-10-6-2)16(12-13)27-7-3/h6,9,11-12,17-18H,2,5,7-8,10H2,1,3-4H3,(H2,23,24,26)/b15-9+/t17-,18+/m0/s1. The molecule has 0 saturated carbocycles. The van der Waals surface area contributed by atoms with Crippen LogP contribution in [0.25, 0.3) is 0 Å². The minimum absolute atomic E-state index is 0.231. The Morgan fingerprint density at radius 2 is 2.00 bits per heavy atom. The van der Waals surface area contributed by atoms with E-state index in [1.54, 1.807) is 31.2 Å². The van der Waals surface area contributed by atoms with Crippen LogP contribution in [0.2, 0.25) is 5.02 Å². The van der Waals surface area contributed by atoms with Gasteiger partial charge in [-0.05, 0) is 38.0 Å². The lowest BCUT2D eigenvalue weighted by atomic mass is 9.88. The highest BCUT2D eigenvalue weighted by atomic mass is 35.5. The summed E-state index contributed by atoms with van der Waals surface area (Å²) in [6.07, 6.45) is 4.06. The van der Waals surface area contributed by atoms with Crippen LogP contribution in [0.4, 0.5) is 4.79 Å². The van der Waals surface area contributed by atoms with Crippen molar-refractivity contribution in [1.82, 2.24) is 10.6 Å². The second kappa shape index (κ2) is 10.8. The summed E-state index contributed by atoms with van der Waals surface area (Å²) in [7, 11) is 0. The summed E-state index contributed by atoms with van der Waals surface area (Å²) >= 11 is 6.45. The van der Waals surface area contributed by atoms with E-state index in [1.165, 1.54) is 0 Å². The fraction of sp³-hybridized carbons (Fsp3) is 0.429. The van der Waals surface area contributed by atoms with Crippen LogP contribution < -0.4 is 20.1 Å². The van der Waals surface area contributed by atoms with Crippen LogP contribution in [0.1, 0.15) is 38.8 Å². The predicted octanol–water partition coefficient (Wildman–Crippen LogP) is 4.13. The molecule has 8 heteroatoms. The molecule has 0 spiro atoms. The maximum absolute atomic E-state index is 12.7. The predicted molar refractivity (Wildman–Crippen MR) is 111 cm³/mol. The third-order valence-electron chi connectivity index (χ3n) is 4.21. The number of halogens is 1. The number of carbonyl (C=O) groups excluding carboxylic acids is 2.